The lowest BCUT2D eigenvalue weighted by Crippen LogP contribution is -2.33. The summed E-state index contributed by atoms with van der Waals surface area (Å²) >= 11 is 8.50. The molecule has 1 heterocycles. The second-order valence-electron chi connectivity index (χ2n) is 3.87. The van der Waals surface area contributed by atoms with Crippen molar-refractivity contribution in [2.75, 3.05) is 5.32 Å². The van der Waals surface area contributed by atoms with E-state index in [1.165, 1.54) is 6.26 Å². The first-order valence-corrected chi connectivity index (χ1v) is 6.68. The first-order valence-electron chi connectivity index (χ1n) is 5.48. The molecule has 1 amide bonds. The Morgan fingerprint density at radius 1 is 1.37 bits per heavy atom. The molecule has 0 radical (unpaired) electrons. The SMILES string of the molecule is Cc1ccc(NC(=S)NC(=O)c2ccco2)c(Br)c1. The molecule has 0 fully saturated rings. The number of halogens is 1. The molecule has 0 saturated carbocycles. The molecule has 1 aromatic carbocycles. The van der Waals surface area contributed by atoms with E-state index in [0.29, 0.717) is 0 Å². The van der Waals surface area contributed by atoms with Crippen LogP contribution in [0.2, 0.25) is 0 Å². The summed E-state index contributed by atoms with van der Waals surface area (Å²) in [6.07, 6.45) is 1.43. The van der Waals surface area contributed by atoms with Gasteiger partial charge in [0.05, 0.1) is 12.0 Å². The zero-order valence-electron chi connectivity index (χ0n) is 10.1. The van der Waals surface area contributed by atoms with E-state index in [-0.39, 0.29) is 16.8 Å². The lowest BCUT2D eigenvalue weighted by molar-refractivity contribution is 0.0950. The Kier molecular flexibility index (Phi) is 4.34. The highest BCUT2D eigenvalue weighted by Crippen LogP contribution is 2.23. The lowest BCUT2D eigenvalue weighted by atomic mass is 10.2. The summed E-state index contributed by atoms with van der Waals surface area (Å²) in [7, 11) is 0. The number of benzene rings is 1. The Balaban J connectivity index is 2.00. The molecule has 0 atom stereocenters. The van der Waals surface area contributed by atoms with E-state index in [9.17, 15) is 4.79 Å². The number of furan rings is 1. The van der Waals surface area contributed by atoms with Crippen LogP contribution in [0.25, 0.3) is 0 Å². The molecule has 0 bridgehead atoms. The van der Waals surface area contributed by atoms with Crippen LogP contribution in [0.3, 0.4) is 0 Å². The van der Waals surface area contributed by atoms with Crippen molar-refractivity contribution in [2.45, 2.75) is 6.92 Å². The molecule has 0 saturated heterocycles. The van der Waals surface area contributed by atoms with Crippen molar-refractivity contribution in [2.24, 2.45) is 0 Å². The van der Waals surface area contributed by atoms with Crippen LogP contribution in [0.5, 0.6) is 0 Å². The molecule has 0 spiro atoms. The number of carbonyl (C=O) groups excluding carboxylic acids is 1. The van der Waals surface area contributed by atoms with Gasteiger partial charge in [-0.3, -0.25) is 10.1 Å². The summed E-state index contributed by atoms with van der Waals surface area (Å²) in [6, 6.07) is 9.00. The molecule has 2 N–H and O–H groups in total. The highest BCUT2D eigenvalue weighted by molar-refractivity contribution is 9.10. The quantitative estimate of drug-likeness (QED) is 0.823. The predicted octanol–water partition coefficient (Wildman–Crippen LogP) is 3.48. The van der Waals surface area contributed by atoms with Crippen molar-refractivity contribution in [3.8, 4) is 0 Å². The van der Waals surface area contributed by atoms with Gasteiger partial charge in [-0.2, -0.15) is 0 Å². The topological polar surface area (TPSA) is 54.3 Å². The number of hydrogen-bond acceptors (Lipinski definition) is 3. The molecule has 1 aromatic heterocycles. The largest absolute Gasteiger partial charge is 0.459 e. The maximum Gasteiger partial charge on any atom is 0.293 e. The number of thiocarbonyl (C=S) groups is 1. The van der Waals surface area contributed by atoms with Crippen molar-refractivity contribution in [3.05, 3.63) is 52.4 Å². The van der Waals surface area contributed by atoms with Crippen molar-refractivity contribution in [3.63, 3.8) is 0 Å². The molecule has 2 aromatic rings. The monoisotopic (exact) mass is 338 g/mol. The second-order valence-corrected chi connectivity index (χ2v) is 5.13. The van der Waals surface area contributed by atoms with Gasteiger partial charge in [0.15, 0.2) is 10.9 Å². The zero-order valence-corrected chi connectivity index (χ0v) is 12.5. The molecule has 19 heavy (non-hydrogen) atoms. The second kappa shape index (κ2) is 5.99. The maximum absolute atomic E-state index is 11.7. The number of rotatable bonds is 2. The predicted molar refractivity (Wildman–Crippen MR) is 81.3 cm³/mol. The normalized spacial score (nSPS) is 10.0. The molecular formula is C13H11BrN2O2S. The summed E-state index contributed by atoms with van der Waals surface area (Å²) in [5, 5.41) is 5.69. The van der Waals surface area contributed by atoms with Gasteiger partial charge in [-0.15, -0.1) is 0 Å². The maximum atomic E-state index is 11.7. The minimum atomic E-state index is -0.384. The van der Waals surface area contributed by atoms with E-state index in [1.54, 1.807) is 12.1 Å². The van der Waals surface area contributed by atoms with Crippen molar-refractivity contribution < 1.29 is 9.21 Å². The summed E-state index contributed by atoms with van der Waals surface area (Å²) in [5.41, 5.74) is 1.92. The Morgan fingerprint density at radius 3 is 2.79 bits per heavy atom. The van der Waals surface area contributed by atoms with Crippen LogP contribution in [-0.4, -0.2) is 11.0 Å². The Hall–Kier alpha value is -1.66. The Morgan fingerprint density at radius 2 is 2.16 bits per heavy atom. The van der Waals surface area contributed by atoms with Crippen molar-refractivity contribution >= 4 is 44.9 Å². The average molecular weight is 339 g/mol. The molecule has 4 nitrogen and oxygen atoms in total. The lowest BCUT2D eigenvalue weighted by Gasteiger charge is -2.10. The standard InChI is InChI=1S/C13H11BrN2O2S/c1-8-4-5-10(9(14)7-8)15-13(19)16-12(17)11-3-2-6-18-11/h2-7H,1H3,(H2,15,16,17,19). The van der Waals surface area contributed by atoms with E-state index >= 15 is 0 Å². The molecule has 0 aliphatic carbocycles. The number of hydrogen-bond donors (Lipinski definition) is 2. The van der Waals surface area contributed by atoms with Crippen molar-refractivity contribution in [1.29, 1.82) is 0 Å². The third kappa shape index (κ3) is 3.65. The smallest absolute Gasteiger partial charge is 0.293 e. The number of nitrogens with one attached hydrogen (secondary N) is 2. The van der Waals surface area contributed by atoms with Crippen LogP contribution in [0.4, 0.5) is 5.69 Å². The molecule has 0 aliphatic heterocycles. The highest BCUT2D eigenvalue weighted by atomic mass is 79.9. The highest BCUT2D eigenvalue weighted by Gasteiger charge is 2.11. The molecule has 2 rings (SSSR count). The third-order valence-electron chi connectivity index (χ3n) is 2.34. The number of amides is 1. The summed E-state index contributed by atoms with van der Waals surface area (Å²) < 4.78 is 5.85. The zero-order chi connectivity index (χ0) is 13.8. The fourth-order valence-electron chi connectivity index (χ4n) is 1.45. The van der Waals surface area contributed by atoms with Gasteiger partial charge in [0.1, 0.15) is 0 Å². The number of carbonyl (C=O) groups is 1. The van der Waals surface area contributed by atoms with E-state index in [4.69, 9.17) is 16.6 Å². The third-order valence-corrected chi connectivity index (χ3v) is 3.21. The van der Waals surface area contributed by atoms with E-state index in [2.05, 4.69) is 26.6 Å². The van der Waals surface area contributed by atoms with Crippen LogP contribution >= 0.6 is 28.1 Å². The van der Waals surface area contributed by atoms with Gasteiger partial charge < -0.3 is 9.73 Å². The van der Waals surface area contributed by atoms with Crippen LogP contribution in [0, 0.1) is 6.92 Å². The van der Waals surface area contributed by atoms with Gasteiger partial charge in [-0.05, 0) is 64.9 Å². The molecular weight excluding hydrogens is 328 g/mol. The van der Waals surface area contributed by atoms with E-state index in [0.717, 1.165) is 15.7 Å². The molecule has 98 valence electrons. The van der Waals surface area contributed by atoms with Gasteiger partial charge in [0, 0.05) is 4.47 Å². The van der Waals surface area contributed by atoms with Gasteiger partial charge in [0.25, 0.3) is 5.91 Å². The van der Waals surface area contributed by atoms with Crippen LogP contribution in [0.15, 0.2) is 45.5 Å². The molecule has 0 aliphatic rings. The fraction of sp³-hybridized carbons (Fsp3) is 0.0769. The van der Waals surface area contributed by atoms with E-state index < -0.39 is 0 Å². The Labute approximate surface area is 124 Å². The summed E-state index contributed by atoms with van der Waals surface area (Å²) in [4.78, 5) is 11.7. The molecule has 6 heteroatoms. The van der Waals surface area contributed by atoms with Gasteiger partial charge >= 0.3 is 0 Å². The first-order chi connectivity index (χ1) is 9.06. The van der Waals surface area contributed by atoms with Crippen LogP contribution in [0.1, 0.15) is 16.1 Å². The first kappa shape index (κ1) is 13.8. The van der Waals surface area contributed by atoms with Crippen LogP contribution < -0.4 is 10.6 Å². The fourth-order valence-corrected chi connectivity index (χ4v) is 2.24. The number of anilines is 1. The number of aryl methyl sites for hydroxylation is 1. The summed E-state index contributed by atoms with van der Waals surface area (Å²) in [5.74, 6) is -0.169. The minimum absolute atomic E-state index is 0.214. The Bertz CT molecular complexity index is 611. The van der Waals surface area contributed by atoms with E-state index in [1.807, 2.05) is 25.1 Å². The molecule has 0 unspecified atom stereocenters. The average Bonchev–Trinajstić information content (AvgIpc) is 2.86. The van der Waals surface area contributed by atoms with Gasteiger partial charge in [-0.1, -0.05) is 6.07 Å². The van der Waals surface area contributed by atoms with Crippen molar-refractivity contribution in [1.82, 2.24) is 5.32 Å². The minimum Gasteiger partial charge on any atom is -0.459 e. The van der Waals surface area contributed by atoms with Gasteiger partial charge in [-0.25, -0.2) is 0 Å². The van der Waals surface area contributed by atoms with Crippen LogP contribution in [-0.2, 0) is 0 Å². The summed E-state index contributed by atoms with van der Waals surface area (Å²) in [6.45, 7) is 1.99. The van der Waals surface area contributed by atoms with Gasteiger partial charge in [0.2, 0.25) is 0 Å².